The third kappa shape index (κ3) is 5.08. The van der Waals surface area contributed by atoms with Crippen LogP contribution in [0, 0.1) is 6.92 Å². The van der Waals surface area contributed by atoms with Crippen molar-refractivity contribution in [3.05, 3.63) is 82.8 Å². The zero-order valence-electron chi connectivity index (χ0n) is 18.2. The molecule has 0 atom stereocenters. The van der Waals surface area contributed by atoms with E-state index in [-0.39, 0.29) is 6.03 Å². The summed E-state index contributed by atoms with van der Waals surface area (Å²) >= 11 is 6.00. The van der Waals surface area contributed by atoms with Crippen LogP contribution < -0.4 is 10.6 Å². The van der Waals surface area contributed by atoms with E-state index in [1.54, 1.807) is 24.3 Å². The maximum Gasteiger partial charge on any atom is 0.323 e. The number of hydrogen-bond acceptors (Lipinski definition) is 3. The first-order valence-electron chi connectivity index (χ1n) is 10.8. The van der Waals surface area contributed by atoms with Gasteiger partial charge in [-0.25, -0.2) is 14.8 Å². The molecule has 0 fully saturated rings. The molecule has 6 nitrogen and oxygen atoms in total. The van der Waals surface area contributed by atoms with Gasteiger partial charge >= 0.3 is 6.03 Å². The van der Waals surface area contributed by atoms with Crippen LogP contribution in [0.1, 0.15) is 36.8 Å². The summed E-state index contributed by atoms with van der Waals surface area (Å²) in [5, 5.41) is 6.24. The lowest BCUT2D eigenvalue weighted by atomic mass is 10.2. The Kier molecular flexibility index (Phi) is 6.71. The minimum Gasteiger partial charge on any atom is -0.308 e. The van der Waals surface area contributed by atoms with Gasteiger partial charge in [-0.05, 0) is 43.2 Å². The number of nitrogens with one attached hydrogen (secondary N) is 2. The molecule has 0 radical (unpaired) electrons. The summed E-state index contributed by atoms with van der Waals surface area (Å²) < 4.78 is 2.18. The molecule has 164 valence electrons. The summed E-state index contributed by atoms with van der Waals surface area (Å²) in [5.74, 6) is 1.01. The number of carbonyl (C=O) groups is 1. The summed E-state index contributed by atoms with van der Waals surface area (Å²) in [5.41, 5.74) is 4.79. The molecule has 0 saturated heterocycles. The third-order valence-corrected chi connectivity index (χ3v) is 5.49. The van der Waals surface area contributed by atoms with Crippen molar-refractivity contribution in [2.45, 2.75) is 39.7 Å². The topological polar surface area (TPSA) is 71.8 Å². The number of pyridine rings is 1. The van der Waals surface area contributed by atoms with Gasteiger partial charge in [-0.15, -0.1) is 0 Å². The molecule has 2 amide bonds. The zero-order valence-corrected chi connectivity index (χ0v) is 19.0. The van der Waals surface area contributed by atoms with Crippen molar-refractivity contribution in [1.82, 2.24) is 14.5 Å². The van der Waals surface area contributed by atoms with E-state index in [1.807, 2.05) is 31.2 Å². The number of unbranched alkanes of at least 4 members (excludes halogenated alkanes) is 1. The molecule has 7 heteroatoms. The standard InChI is InChI=1S/C25H26ClN5O/c1-3-4-13-23-29-22-15-21(30-25(32)28-20-12-8-11-19(26)14-20)17(2)27-24(22)31(23)16-18-9-6-5-7-10-18/h5-12,14-15H,3-4,13,16H2,1-2H3,(H2,28,30,32). The number of aromatic nitrogens is 3. The number of carbonyl (C=O) groups excluding carboxylic acids is 1. The second-order valence-electron chi connectivity index (χ2n) is 7.76. The molecule has 2 aromatic carbocycles. The van der Waals surface area contributed by atoms with Gasteiger partial charge in [-0.2, -0.15) is 0 Å². The fourth-order valence-corrected chi connectivity index (χ4v) is 3.81. The van der Waals surface area contributed by atoms with Crippen LogP contribution in [-0.4, -0.2) is 20.6 Å². The number of aryl methyl sites for hydroxylation is 2. The molecular formula is C25H26ClN5O. The summed E-state index contributed by atoms with van der Waals surface area (Å²) in [6.45, 7) is 4.78. The molecule has 0 aliphatic carbocycles. The average Bonchev–Trinajstić information content (AvgIpc) is 3.09. The lowest BCUT2D eigenvalue weighted by Crippen LogP contribution is -2.20. The molecule has 0 aliphatic heterocycles. The van der Waals surface area contributed by atoms with Crippen LogP contribution in [-0.2, 0) is 13.0 Å². The monoisotopic (exact) mass is 447 g/mol. The first kappa shape index (κ1) is 21.8. The lowest BCUT2D eigenvalue weighted by Gasteiger charge is -2.11. The second kappa shape index (κ2) is 9.83. The number of halogens is 1. The third-order valence-electron chi connectivity index (χ3n) is 5.26. The number of nitrogens with zero attached hydrogens (tertiary/aromatic N) is 3. The second-order valence-corrected chi connectivity index (χ2v) is 8.19. The van der Waals surface area contributed by atoms with E-state index in [1.165, 1.54) is 5.56 Å². The van der Waals surface area contributed by atoms with E-state index in [0.717, 1.165) is 41.9 Å². The molecule has 32 heavy (non-hydrogen) atoms. The van der Waals surface area contributed by atoms with Crippen LogP contribution in [0.3, 0.4) is 0 Å². The molecule has 2 aromatic heterocycles. The number of imidazole rings is 1. The molecule has 0 unspecified atom stereocenters. The van der Waals surface area contributed by atoms with Crippen molar-refractivity contribution in [3.63, 3.8) is 0 Å². The first-order valence-corrected chi connectivity index (χ1v) is 11.2. The fraction of sp³-hybridized carbons (Fsp3) is 0.240. The van der Waals surface area contributed by atoms with E-state index in [2.05, 4.69) is 34.3 Å². The van der Waals surface area contributed by atoms with Crippen LogP contribution in [0.2, 0.25) is 5.02 Å². The smallest absolute Gasteiger partial charge is 0.308 e. The van der Waals surface area contributed by atoms with Gasteiger partial charge < -0.3 is 15.2 Å². The van der Waals surface area contributed by atoms with E-state index in [0.29, 0.717) is 22.9 Å². The Morgan fingerprint density at radius 3 is 2.59 bits per heavy atom. The predicted molar refractivity (Wildman–Crippen MR) is 131 cm³/mol. The Hall–Kier alpha value is -3.38. The average molecular weight is 448 g/mol. The van der Waals surface area contributed by atoms with Gasteiger partial charge in [0.05, 0.1) is 17.9 Å². The SMILES string of the molecule is CCCCc1nc2cc(NC(=O)Nc3cccc(Cl)c3)c(C)nc2n1Cc1ccccc1. The largest absolute Gasteiger partial charge is 0.323 e. The number of amides is 2. The number of rotatable bonds is 7. The maximum absolute atomic E-state index is 12.5. The molecule has 4 rings (SSSR count). The van der Waals surface area contributed by atoms with E-state index >= 15 is 0 Å². The molecule has 0 spiro atoms. The van der Waals surface area contributed by atoms with Crippen LogP contribution in [0.4, 0.5) is 16.2 Å². The number of anilines is 2. The summed E-state index contributed by atoms with van der Waals surface area (Å²) in [6.07, 6.45) is 3.04. The number of urea groups is 1. The van der Waals surface area contributed by atoms with Crippen molar-refractivity contribution >= 4 is 40.2 Å². The quantitative estimate of drug-likeness (QED) is 0.343. The Labute approximate surface area is 192 Å². The van der Waals surface area contributed by atoms with Gasteiger partial charge in [-0.3, -0.25) is 0 Å². The fourth-order valence-electron chi connectivity index (χ4n) is 3.62. The van der Waals surface area contributed by atoms with Crippen LogP contribution in [0.15, 0.2) is 60.7 Å². The van der Waals surface area contributed by atoms with Gasteiger partial charge in [0.25, 0.3) is 0 Å². The highest BCUT2D eigenvalue weighted by atomic mass is 35.5. The van der Waals surface area contributed by atoms with Crippen molar-refractivity contribution in [2.24, 2.45) is 0 Å². The number of fused-ring (bicyclic) bond motifs is 1. The van der Waals surface area contributed by atoms with Gasteiger partial charge in [-0.1, -0.05) is 61.3 Å². The van der Waals surface area contributed by atoms with Gasteiger partial charge in [0.15, 0.2) is 5.65 Å². The van der Waals surface area contributed by atoms with Crippen LogP contribution >= 0.6 is 11.6 Å². The Balaban J connectivity index is 1.62. The van der Waals surface area contributed by atoms with Gasteiger partial charge in [0.1, 0.15) is 11.3 Å². The van der Waals surface area contributed by atoms with Crippen LogP contribution in [0.25, 0.3) is 11.2 Å². The Morgan fingerprint density at radius 2 is 1.84 bits per heavy atom. The lowest BCUT2D eigenvalue weighted by molar-refractivity contribution is 0.262. The van der Waals surface area contributed by atoms with Crippen molar-refractivity contribution in [1.29, 1.82) is 0 Å². The number of hydrogen-bond donors (Lipinski definition) is 2. The molecule has 0 bridgehead atoms. The highest BCUT2D eigenvalue weighted by Gasteiger charge is 2.16. The summed E-state index contributed by atoms with van der Waals surface area (Å²) in [7, 11) is 0. The summed E-state index contributed by atoms with van der Waals surface area (Å²) in [6, 6.07) is 18.9. The van der Waals surface area contributed by atoms with E-state index < -0.39 is 0 Å². The molecule has 0 saturated carbocycles. The Morgan fingerprint density at radius 1 is 1.03 bits per heavy atom. The van der Waals surface area contributed by atoms with Crippen molar-refractivity contribution < 1.29 is 4.79 Å². The molecule has 4 aromatic rings. The normalized spacial score (nSPS) is 11.0. The van der Waals surface area contributed by atoms with Gasteiger partial charge in [0, 0.05) is 17.1 Å². The van der Waals surface area contributed by atoms with E-state index in [9.17, 15) is 4.79 Å². The highest BCUT2D eigenvalue weighted by Crippen LogP contribution is 2.24. The Bertz CT molecular complexity index is 1240. The number of benzene rings is 2. The molecule has 2 N–H and O–H groups in total. The molecule has 0 aliphatic rings. The summed E-state index contributed by atoms with van der Waals surface area (Å²) in [4.78, 5) is 22.2. The maximum atomic E-state index is 12.5. The van der Waals surface area contributed by atoms with Gasteiger partial charge in [0.2, 0.25) is 0 Å². The van der Waals surface area contributed by atoms with Crippen LogP contribution in [0.5, 0.6) is 0 Å². The predicted octanol–water partition coefficient (Wildman–Crippen LogP) is 6.43. The highest BCUT2D eigenvalue weighted by molar-refractivity contribution is 6.30. The van der Waals surface area contributed by atoms with Crippen molar-refractivity contribution in [3.8, 4) is 0 Å². The zero-order chi connectivity index (χ0) is 22.5. The minimum absolute atomic E-state index is 0.355. The minimum atomic E-state index is -0.355. The molecule has 2 heterocycles. The van der Waals surface area contributed by atoms with Crippen molar-refractivity contribution in [2.75, 3.05) is 10.6 Å². The van der Waals surface area contributed by atoms with E-state index in [4.69, 9.17) is 21.6 Å². The molecular weight excluding hydrogens is 422 g/mol. The first-order chi connectivity index (χ1) is 15.5.